The zero-order chi connectivity index (χ0) is 13.0. The third-order valence-electron chi connectivity index (χ3n) is 2.74. The second-order valence-electron chi connectivity index (χ2n) is 4.01. The minimum atomic E-state index is 0.604. The molecule has 2 rings (SSSR count). The van der Waals surface area contributed by atoms with Crippen LogP contribution in [0.3, 0.4) is 0 Å². The van der Waals surface area contributed by atoms with Gasteiger partial charge < -0.3 is 5.32 Å². The van der Waals surface area contributed by atoms with Crippen molar-refractivity contribution in [2.75, 3.05) is 5.32 Å². The van der Waals surface area contributed by atoms with Gasteiger partial charge in [-0.3, -0.25) is 9.67 Å². The Balaban J connectivity index is 2.14. The summed E-state index contributed by atoms with van der Waals surface area (Å²) < 4.78 is 1.81. The highest BCUT2D eigenvalue weighted by atomic mass is 15.3. The van der Waals surface area contributed by atoms with Gasteiger partial charge in [0.05, 0.1) is 23.1 Å². The smallest absolute Gasteiger partial charge is 0.101 e. The number of pyridine rings is 1. The van der Waals surface area contributed by atoms with E-state index in [4.69, 9.17) is 5.26 Å². The number of nitrogens with zero attached hydrogens (tertiary/aromatic N) is 4. The lowest BCUT2D eigenvalue weighted by Gasteiger charge is -2.06. The van der Waals surface area contributed by atoms with E-state index in [2.05, 4.69) is 28.4 Å². The molecule has 2 aromatic heterocycles. The van der Waals surface area contributed by atoms with Crippen molar-refractivity contribution in [2.24, 2.45) is 7.05 Å². The van der Waals surface area contributed by atoms with Gasteiger partial charge in [-0.1, -0.05) is 6.92 Å². The lowest BCUT2D eigenvalue weighted by molar-refractivity contribution is 0.746. The molecular formula is C13H15N5. The summed E-state index contributed by atoms with van der Waals surface area (Å²) in [5, 5.41) is 16.6. The molecule has 0 aliphatic carbocycles. The van der Waals surface area contributed by atoms with Crippen LogP contribution in [0.2, 0.25) is 0 Å². The normalized spacial score (nSPS) is 10.1. The Hall–Kier alpha value is -2.35. The summed E-state index contributed by atoms with van der Waals surface area (Å²) in [6.07, 6.45) is 6.18. The molecule has 5 heteroatoms. The van der Waals surface area contributed by atoms with Crippen molar-refractivity contribution in [3.05, 3.63) is 41.5 Å². The first-order chi connectivity index (χ1) is 8.74. The number of aryl methyl sites for hydroxylation is 2. The fraction of sp³-hybridized carbons (Fsp3) is 0.308. The van der Waals surface area contributed by atoms with E-state index in [1.807, 2.05) is 17.9 Å². The lowest BCUT2D eigenvalue weighted by atomic mass is 10.2. The van der Waals surface area contributed by atoms with E-state index in [0.29, 0.717) is 12.1 Å². The second-order valence-corrected chi connectivity index (χ2v) is 4.01. The summed E-state index contributed by atoms with van der Waals surface area (Å²) in [6.45, 7) is 2.73. The summed E-state index contributed by atoms with van der Waals surface area (Å²) in [5.74, 6) is 0. The van der Waals surface area contributed by atoms with Crippen molar-refractivity contribution in [3.8, 4) is 6.07 Å². The molecule has 2 aromatic rings. The average molecular weight is 241 g/mol. The van der Waals surface area contributed by atoms with Gasteiger partial charge >= 0.3 is 0 Å². The summed E-state index contributed by atoms with van der Waals surface area (Å²) in [4.78, 5) is 4.02. The molecule has 92 valence electrons. The fourth-order valence-corrected chi connectivity index (χ4v) is 1.85. The first kappa shape index (κ1) is 12.1. The zero-order valence-electron chi connectivity index (χ0n) is 10.5. The van der Waals surface area contributed by atoms with Crippen molar-refractivity contribution in [1.82, 2.24) is 14.8 Å². The second kappa shape index (κ2) is 5.32. The molecule has 0 fully saturated rings. The number of anilines is 1. The van der Waals surface area contributed by atoms with Crippen LogP contribution in [0.25, 0.3) is 0 Å². The van der Waals surface area contributed by atoms with Crippen LogP contribution in [-0.2, 0) is 20.0 Å². The Morgan fingerprint density at radius 2 is 2.33 bits per heavy atom. The van der Waals surface area contributed by atoms with Crippen LogP contribution in [0.1, 0.15) is 23.7 Å². The molecule has 0 saturated carbocycles. The van der Waals surface area contributed by atoms with Crippen LogP contribution in [-0.4, -0.2) is 14.8 Å². The minimum Gasteiger partial charge on any atom is -0.379 e. The zero-order valence-corrected chi connectivity index (χ0v) is 10.5. The first-order valence-corrected chi connectivity index (χ1v) is 5.84. The molecule has 0 saturated heterocycles. The Kier molecular flexibility index (Phi) is 3.58. The van der Waals surface area contributed by atoms with E-state index < -0.39 is 0 Å². The maximum Gasteiger partial charge on any atom is 0.101 e. The number of nitrogens with one attached hydrogen (secondary N) is 1. The van der Waals surface area contributed by atoms with E-state index >= 15 is 0 Å². The van der Waals surface area contributed by atoms with Crippen LogP contribution < -0.4 is 5.32 Å². The van der Waals surface area contributed by atoms with Crippen LogP contribution >= 0.6 is 0 Å². The van der Waals surface area contributed by atoms with Gasteiger partial charge in [-0.2, -0.15) is 10.4 Å². The third kappa shape index (κ3) is 2.48. The first-order valence-electron chi connectivity index (χ1n) is 5.84. The van der Waals surface area contributed by atoms with Gasteiger partial charge in [0, 0.05) is 31.5 Å². The highest BCUT2D eigenvalue weighted by molar-refractivity contribution is 5.55. The van der Waals surface area contributed by atoms with Crippen molar-refractivity contribution >= 4 is 5.69 Å². The number of nitriles is 1. The van der Waals surface area contributed by atoms with Crippen LogP contribution in [0.4, 0.5) is 5.69 Å². The number of hydrogen-bond donors (Lipinski definition) is 1. The summed E-state index contributed by atoms with van der Waals surface area (Å²) >= 11 is 0. The maximum atomic E-state index is 8.99. The van der Waals surface area contributed by atoms with E-state index in [9.17, 15) is 0 Å². The third-order valence-corrected chi connectivity index (χ3v) is 2.74. The molecule has 18 heavy (non-hydrogen) atoms. The van der Waals surface area contributed by atoms with Gasteiger partial charge in [-0.15, -0.1) is 0 Å². The van der Waals surface area contributed by atoms with E-state index in [-0.39, 0.29) is 0 Å². The van der Waals surface area contributed by atoms with Crippen molar-refractivity contribution in [2.45, 2.75) is 19.9 Å². The maximum absolute atomic E-state index is 8.99. The molecule has 0 aliphatic heterocycles. The van der Waals surface area contributed by atoms with Gasteiger partial charge in [0.15, 0.2) is 0 Å². The largest absolute Gasteiger partial charge is 0.379 e. The summed E-state index contributed by atoms with van der Waals surface area (Å²) in [7, 11) is 1.91. The molecular weight excluding hydrogens is 226 g/mol. The average Bonchev–Trinajstić information content (AvgIpc) is 2.77. The molecule has 0 spiro atoms. The van der Waals surface area contributed by atoms with Crippen molar-refractivity contribution in [1.29, 1.82) is 5.26 Å². The molecule has 5 nitrogen and oxygen atoms in total. The monoisotopic (exact) mass is 241 g/mol. The summed E-state index contributed by atoms with van der Waals surface area (Å²) in [5.41, 5.74) is 3.58. The van der Waals surface area contributed by atoms with Crippen LogP contribution in [0, 0.1) is 11.3 Å². The minimum absolute atomic E-state index is 0.604. The molecule has 0 atom stereocenters. The number of aromatic nitrogens is 3. The molecule has 0 radical (unpaired) electrons. The molecule has 1 N–H and O–H groups in total. The van der Waals surface area contributed by atoms with Crippen LogP contribution in [0.5, 0.6) is 0 Å². The molecule has 2 heterocycles. The van der Waals surface area contributed by atoms with Gasteiger partial charge in [0.2, 0.25) is 0 Å². The van der Waals surface area contributed by atoms with Crippen LogP contribution in [0.15, 0.2) is 24.7 Å². The number of hydrogen-bond acceptors (Lipinski definition) is 4. The molecule has 0 unspecified atom stereocenters. The Bertz CT molecular complexity index is 579. The highest BCUT2D eigenvalue weighted by Crippen LogP contribution is 2.15. The topological polar surface area (TPSA) is 66.5 Å². The Morgan fingerprint density at radius 1 is 1.50 bits per heavy atom. The fourth-order valence-electron chi connectivity index (χ4n) is 1.85. The SMILES string of the molecule is CCc1nn(C)cc1CNc1cnccc1C#N. The van der Waals surface area contributed by atoms with Gasteiger partial charge in [0.25, 0.3) is 0 Å². The van der Waals surface area contributed by atoms with E-state index in [1.54, 1.807) is 18.5 Å². The molecule has 0 bridgehead atoms. The van der Waals surface area contributed by atoms with E-state index in [1.165, 1.54) is 0 Å². The summed E-state index contributed by atoms with van der Waals surface area (Å²) in [6, 6.07) is 3.84. The van der Waals surface area contributed by atoms with Gasteiger partial charge in [-0.05, 0) is 12.5 Å². The highest BCUT2D eigenvalue weighted by Gasteiger charge is 2.07. The Labute approximate surface area is 106 Å². The quantitative estimate of drug-likeness (QED) is 0.887. The van der Waals surface area contributed by atoms with Gasteiger partial charge in [0.1, 0.15) is 6.07 Å². The predicted octanol–water partition coefficient (Wildman–Crippen LogP) is 1.86. The molecule has 0 amide bonds. The predicted molar refractivity (Wildman–Crippen MR) is 68.9 cm³/mol. The standard InChI is InChI=1S/C13H15N5/c1-3-12-11(9-18(2)17-12)7-16-13-8-15-5-4-10(13)6-14/h4-5,8-9,16H,3,7H2,1-2H3. The van der Waals surface area contributed by atoms with Crippen molar-refractivity contribution in [3.63, 3.8) is 0 Å². The molecule has 0 aromatic carbocycles. The van der Waals surface area contributed by atoms with Gasteiger partial charge in [-0.25, -0.2) is 0 Å². The molecule has 0 aliphatic rings. The Morgan fingerprint density at radius 3 is 3.06 bits per heavy atom. The number of rotatable bonds is 4. The van der Waals surface area contributed by atoms with E-state index in [0.717, 1.165) is 23.4 Å². The van der Waals surface area contributed by atoms with Crippen molar-refractivity contribution < 1.29 is 0 Å². The lowest BCUT2D eigenvalue weighted by Crippen LogP contribution is -2.03.